The van der Waals surface area contributed by atoms with Gasteiger partial charge in [0.2, 0.25) is 0 Å². The van der Waals surface area contributed by atoms with Crippen molar-refractivity contribution in [3.8, 4) is 5.75 Å². The summed E-state index contributed by atoms with van der Waals surface area (Å²) in [5.41, 5.74) is 2.83. The monoisotopic (exact) mass is 244 g/mol. The summed E-state index contributed by atoms with van der Waals surface area (Å²) in [6.07, 6.45) is -3.30. The number of aryl methyl sites for hydroxylation is 1. The largest absolute Gasteiger partial charge is 0.573 e. The molecule has 0 spiro atoms. The first-order valence-electron chi connectivity index (χ1n) is 5.33. The van der Waals surface area contributed by atoms with E-state index in [9.17, 15) is 13.2 Å². The average molecular weight is 244 g/mol. The molecule has 0 aliphatic heterocycles. The Morgan fingerprint density at radius 2 is 1.94 bits per heavy atom. The van der Waals surface area contributed by atoms with E-state index in [4.69, 9.17) is 0 Å². The molecule has 1 rings (SSSR count). The van der Waals surface area contributed by atoms with Crippen LogP contribution in [0, 0.1) is 0 Å². The highest BCUT2D eigenvalue weighted by molar-refractivity contribution is 5.37. The molecule has 0 radical (unpaired) electrons. The molecule has 0 saturated heterocycles. The number of rotatable bonds is 4. The number of hydrogen-bond acceptors (Lipinski definition) is 1. The minimum atomic E-state index is -4.64. The van der Waals surface area contributed by atoms with Gasteiger partial charge < -0.3 is 4.74 Å². The first-order valence-corrected chi connectivity index (χ1v) is 5.33. The molecule has 0 fully saturated rings. The zero-order valence-electron chi connectivity index (χ0n) is 9.90. The predicted molar refractivity (Wildman–Crippen MR) is 61.0 cm³/mol. The molecule has 0 heterocycles. The fourth-order valence-electron chi connectivity index (χ4n) is 1.63. The second-order valence-corrected chi connectivity index (χ2v) is 3.97. The lowest BCUT2D eigenvalue weighted by molar-refractivity contribution is -0.274. The van der Waals surface area contributed by atoms with E-state index in [1.54, 1.807) is 6.07 Å². The maximum atomic E-state index is 12.1. The molecule has 1 nitrogen and oxygen atoms in total. The number of ether oxygens (including phenoxy) is 1. The lowest BCUT2D eigenvalue weighted by atomic mass is 9.99. The number of halogens is 3. The Hall–Kier alpha value is -1.45. The molecular weight excluding hydrogens is 229 g/mol. The van der Waals surface area contributed by atoms with Crippen LogP contribution in [0.5, 0.6) is 5.75 Å². The van der Waals surface area contributed by atoms with Crippen LogP contribution in [0.15, 0.2) is 30.4 Å². The van der Waals surface area contributed by atoms with E-state index in [0.717, 1.165) is 16.7 Å². The summed E-state index contributed by atoms with van der Waals surface area (Å²) in [5.74, 6) is -0.167. The summed E-state index contributed by atoms with van der Waals surface area (Å²) in [4.78, 5) is 0. The molecule has 17 heavy (non-hydrogen) atoms. The van der Waals surface area contributed by atoms with Crippen LogP contribution in [-0.2, 0) is 12.8 Å². The molecule has 94 valence electrons. The lowest BCUT2D eigenvalue weighted by Gasteiger charge is -2.13. The van der Waals surface area contributed by atoms with Crippen molar-refractivity contribution in [2.24, 2.45) is 0 Å². The van der Waals surface area contributed by atoms with Gasteiger partial charge in [-0.15, -0.1) is 13.2 Å². The van der Waals surface area contributed by atoms with Crippen molar-refractivity contribution in [3.63, 3.8) is 0 Å². The highest BCUT2D eigenvalue weighted by atomic mass is 19.4. The maximum absolute atomic E-state index is 12.1. The third kappa shape index (κ3) is 4.51. The zero-order chi connectivity index (χ0) is 13.1. The Labute approximate surface area is 98.9 Å². The van der Waals surface area contributed by atoms with Crippen molar-refractivity contribution in [1.29, 1.82) is 0 Å². The molecule has 0 unspecified atom stereocenters. The summed E-state index contributed by atoms with van der Waals surface area (Å²) in [5, 5.41) is 0. The molecule has 1 aromatic rings. The fourth-order valence-corrected chi connectivity index (χ4v) is 1.63. The Morgan fingerprint density at radius 3 is 2.41 bits per heavy atom. The van der Waals surface area contributed by atoms with E-state index in [-0.39, 0.29) is 5.75 Å². The molecule has 0 bridgehead atoms. The van der Waals surface area contributed by atoms with Crippen LogP contribution >= 0.6 is 0 Å². The van der Waals surface area contributed by atoms with Gasteiger partial charge in [-0.3, -0.25) is 0 Å². The van der Waals surface area contributed by atoms with Crippen molar-refractivity contribution in [2.45, 2.75) is 33.1 Å². The predicted octanol–water partition coefficient (Wildman–Crippen LogP) is 4.27. The minimum absolute atomic E-state index is 0.167. The molecule has 0 aromatic heterocycles. The van der Waals surface area contributed by atoms with Gasteiger partial charge in [0.05, 0.1) is 0 Å². The highest BCUT2D eigenvalue weighted by Crippen LogP contribution is 2.26. The second kappa shape index (κ2) is 5.25. The molecule has 0 aliphatic rings. The average Bonchev–Trinajstić information content (AvgIpc) is 2.17. The first kappa shape index (κ1) is 13.6. The van der Waals surface area contributed by atoms with Crippen LogP contribution in [0.1, 0.15) is 25.0 Å². The van der Waals surface area contributed by atoms with Crippen LogP contribution < -0.4 is 4.74 Å². The van der Waals surface area contributed by atoms with Gasteiger partial charge in [0, 0.05) is 0 Å². The van der Waals surface area contributed by atoms with Gasteiger partial charge in [-0.05, 0) is 43.0 Å². The Kier molecular flexibility index (Phi) is 4.21. The molecule has 0 amide bonds. The third-order valence-corrected chi connectivity index (χ3v) is 2.28. The van der Waals surface area contributed by atoms with Crippen LogP contribution in [0.25, 0.3) is 0 Å². The van der Waals surface area contributed by atoms with Crippen molar-refractivity contribution in [3.05, 3.63) is 41.5 Å². The third-order valence-electron chi connectivity index (χ3n) is 2.28. The Bertz CT molecular complexity index is 408. The standard InChI is InChI=1S/C13H15F3O/c1-4-10-8-12(17-13(14,15)16)6-5-11(10)7-9(2)3/h5-6,8H,2,4,7H2,1,3H3. The molecular formula is C13H15F3O. The molecule has 0 atom stereocenters. The number of hydrogen-bond donors (Lipinski definition) is 0. The van der Waals surface area contributed by atoms with E-state index in [1.807, 2.05) is 13.8 Å². The van der Waals surface area contributed by atoms with Crippen molar-refractivity contribution in [1.82, 2.24) is 0 Å². The summed E-state index contributed by atoms with van der Waals surface area (Å²) < 4.78 is 40.0. The van der Waals surface area contributed by atoms with Crippen LogP contribution in [0.2, 0.25) is 0 Å². The van der Waals surface area contributed by atoms with Crippen molar-refractivity contribution < 1.29 is 17.9 Å². The molecule has 0 N–H and O–H groups in total. The Morgan fingerprint density at radius 1 is 1.29 bits per heavy atom. The SMILES string of the molecule is C=C(C)Cc1ccc(OC(F)(F)F)cc1CC. The number of alkyl halides is 3. The maximum Gasteiger partial charge on any atom is 0.573 e. The fraction of sp³-hybridized carbons (Fsp3) is 0.385. The minimum Gasteiger partial charge on any atom is -0.406 e. The van der Waals surface area contributed by atoms with Gasteiger partial charge in [-0.1, -0.05) is 25.1 Å². The highest BCUT2D eigenvalue weighted by Gasteiger charge is 2.31. The smallest absolute Gasteiger partial charge is 0.406 e. The topological polar surface area (TPSA) is 9.23 Å². The van der Waals surface area contributed by atoms with E-state index in [1.165, 1.54) is 12.1 Å². The summed E-state index contributed by atoms with van der Waals surface area (Å²) in [6, 6.07) is 4.44. The zero-order valence-corrected chi connectivity index (χ0v) is 9.90. The number of benzene rings is 1. The Balaban J connectivity index is 2.96. The first-order chi connectivity index (χ1) is 7.81. The van der Waals surface area contributed by atoms with Crippen LogP contribution in [0.4, 0.5) is 13.2 Å². The molecule has 1 aromatic carbocycles. The van der Waals surface area contributed by atoms with Gasteiger partial charge in [0.15, 0.2) is 0 Å². The summed E-state index contributed by atoms with van der Waals surface area (Å²) in [7, 11) is 0. The normalized spacial score (nSPS) is 11.4. The van der Waals surface area contributed by atoms with Crippen LogP contribution in [0.3, 0.4) is 0 Å². The lowest BCUT2D eigenvalue weighted by Crippen LogP contribution is -2.17. The van der Waals surface area contributed by atoms with Gasteiger partial charge in [-0.2, -0.15) is 0 Å². The molecule has 0 saturated carbocycles. The van der Waals surface area contributed by atoms with Crippen LogP contribution in [-0.4, -0.2) is 6.36 Å². The summed E-state index contributed by atoms with van der Waals surface area (Å²) >= 11 is 0. The van der Waals surface area contributed by atoms with E-state index in [0.29, 0.717) is 12.8 Å². The van der Waals surface area contributed by atoms with Gasteiger partial charge in [-0.25, -0.2) is 0 Å². The molecule has 4 heteroatoms. The van der Waals surface area contributed by atoms with Crippen molar-refractivity contribution >= 4 is 0 Å². The van der Waals surface area contributed by atoms with Gasteiger partial charge in [0.25, 0.3) is 0 Å². The second-order valence-electron chi connectivity index (χ2n) is 3.97. The van der Waals surface area contributed by atoms with E-state index in [2.05, 4.69) is 11.3 Å². The summed E-state index contributed by atoms with van der Waals surface area (Å²) in [6.45, 7) is 7.58. The van der Waals surface area contributed by atoms with Gasteiger partial charge in [0.1, 0.15) is 5.75 Å². The quantitative estimate of drug-likeness (QED) is 0.719. The van der Waals surface area contributed by atoms with E-state index < -0.39 is 6.36 Å². The van der Waals surface area contributed by atoms with Gasteiger partial charge >= 0.3 is 6.36 Å². The molecule has 0 aliphatic carbocycles. The van der Waals surface area contributed by atoms with Crippen molar-refractivity contribution in [2.75, 3.05) is 0 Å². The van der Waals surface area contributed by atoms with E-state index >= 15 is 0 Å². The number of allylic oxidation sites excluding steroid dienone is 1.